The Hall–Kier alpha value is -3.58. The molecule has 166 valence electrons. The number of hydrogen-bond donors (Lipinski definition) is 3. The molecule has 5 heterocycles. The van der Waals surface area contributed by atoms with Gasteiger partial charge in [0, 0.05) is 25.5 Å². The lowest BCUT2D eigenvalue weighted by molar-refractivity contribution is -0.142. The van der Waals surface area contributed by atoms with Crippen molar-refractivity contribution in [3.8, 4) is 0 Å². The quantitative estimate of drug-likeness (QED) is 0.412. The molecule has 0 bridgehead atoms. The normalized spacial score (nSPS) is 21.8. The molecule has 12 nitrogen and oxygen atoms in total. The maximum Gasteiger partial charge on any atom is 0.309 e. The van der Waals surface area contributed by atoms with Crippen molar-refractivity contribution in [2.24, 2.45) is 0 Å². The molecule has 0 aromatic carbocycles. The van der Waals surface area contributed by atoms with Gasteiger partial charge in [-0.25, -0.2) is 18.1 Å². The zero-order chi connectivity index (χ0) is 22.5. The van der Waals surface area contributed by atoms with Crippen LogP contribution in [0.5, 0.6) is 0 Å². The Labute approximate surface area is 183 Å². The van der Waals surface area contributed by atoms with Crippen LogP contribution in [0.1, 0.15) is 18.8 Å². The van der Waals surface area contributed by atoms with E-state index in [0.717, 1.165) is 0 Å². The molecule has 0 radical (unpaired) electrons. The van der Waals surface area contributed by atoms with Gasteiger partial charge < -0.3 is 15.5 Å². The summed E-state index contributed by atoms with van der Waals surface area (Å²) < 4.78 is 30.1. The van der Waals surface area contributed by atoms with Crippen LogP contribution in [-0.2, 0) is 19.6 Å². The highest BCUT2D eigenvalue weighted by atomic mass is 32.2. The van der Waals surface area contributed by atoms with Crippen LogP contribution >= 0.6 is 0 Å². The molecule has 0 saturated carbocycles. The Kier molecular flexibility index (Phi) is 4.78. The van der Waals surface area contributed by atoms with Crippen molar-refractivity contribution in [1.29, 1.82) is 0 Å². The molecule has 3 aromatic heterocycles. The van der Waals surface area contributed by atoms with E-state index in [9.17, 15) is 18.0 Å². The van der Waals surface area contributed by atoms with Crippen LogP contribution in [-0.4, -0.2) is 65.0 Å². The number of pyridine rings is 2. The van der Waals surface area contributed by atoms with E-state index in [1.807, 2.05) is 17.0 Å². The van der Waals surface area contributed by atoms with Gasteiger partial charge in [-0.1, -0.05) is 6.07 Å². The molecule has 3 N–H and O–H groups in total. The number of aromatic nitrogens is 4. The average molecular weight is 456 g/mol. The van der Waals surface area contributed by atoms with Gasteiger partial charge >= 0.3 is 11.8 Å². The van der Waals surface area contributed by atoms with Gasteiger partial charge in [0.25, 0.3) is 0 Å². The summed E-state index contributed by atoms with van der Waals surface area (Å²) in [5.41, 5.74) is 0.623. The lowest BCUT2D eigenvalue weighted by atomic mass is 10.1. The average Bonchev–Trinajstić information content (AvgIpc) is 3.38. The van der Waals surface area contributed by atoms with Gasteiger partial charge in [0.2, 0.25) is 10.0 Å². The predicted octanol–water partition coefficient (Wildman–Crippen LogP) is -1.03. The summed E-state index contributed by atoms with van der Waals surface area (Å²) >= 11 is 0. The van der Waals surface area contributed by atoms with Gasteiger partial charge in [-0.2, -0.15) is 0 Å². The Morgan fingerprint density at radius 2 is 1.78 bits per heavy atom. The van der Waals surface area contributed by atoms with Gasteiger partial charge in [0.15, 0.2) is 11.5 Å². The molecule has 2 aliphatic heterocycles. The molecule has 0 aliphatic carbocycles. The van der Waals surface area contributed by atoms with Crippen molar-refractivity contribution < 1.29 is 18.0 Å². The van der Waals surface area contributed by atoms with Gasteiger partial charge in [-0.3, -0.25) is 14.0 Å². The van der Waals surface area contributed by atoms with E-state index >= 15 is 0 Å². The minimum Gasteiger partial charge on any atom is -0.352 e. The smallest absolute Gasteiger partial charge is 0.309 e. The fraction of sp³-hybridized carbons (Fsp3) is 0.316. The van der Waals surface area contributed by atoms with E-state index in [1.54, 1.807) is 29.7 Å². The van der Waals surface area contributed by atoms with Gasteiger partial charge in [0.1, 0.15) is 10.7 Å². The fourth-order valence-electron chi connectivity index (χ4n) is 3.98. The maximum absolute atomic E-state index is 12.9. The van der Waals surface area contributed by atoms with Crippen LogP contribution in [0.25, 0.3) is 5.65 Å². The fourth-order valence-corrected chi connectivity index (χ4v) is 5.12. The Bertz CT molecular complexity index is 1280. The molecule has 13 heteroatoms. The van der Waals surface area contributed by atoms with E-state index in [1.165, 1.54) is 12.3 Å². The third kappa shape index (κ3) is 3.54. The number of rotatable bonds is 5. The summed E-state index contributed by atoms with van der Waals surface area (Å²) in [7, 11) is -3.86. The second-order valence-electron chi connectivity index (χ2n) is 7.75. The number of fused-ring (bicyclic) bond motifs is 2. The predicted molar refractivity (Wildman–Crippen MR) is 112 cm³/mol. The van der Waals surface area contributed by atoms with Gasteiger partial charge in [-0.15, -0.1) is 10.2 Å². The van der Waals surface area contributed by atoms with Crippen molar-refractivity contribution in [3.05, 3.63) is 48.5 Å². The number of carbonyl (C=O) groups excluding carboxylic acids is 2. The van der Waals surface area contributed by atoms with Crippen LogP contribution in [0.2, 0.25) is 0 Å². The third-order valence-electron chi connectivity index (χ3n) is 5.57. The summed E-state index contributed by atoms with van der Waals surface area (Å²) in [5.74, 6) is -0.276. The number of hydrogen-bond acceptors (Lipinski definition) is 8. The molecule has 2 fully saturated rings. The molecular weight excluding hydrogens is 436 g/mol. The molecule has 32 heavy (non-hydrogen) atoms. The SMILES string of the molecule is CC(NS(=O)(=O)c1ccc(N2C[C@@H]3NC(=O)C(=O)N[C@@H]3C2)nc1)c1nnc2ccccn12. The Morgan fingerprint density at radius 1 is 1.06 bits per heavy atom. The molecule has 1 unspecified atom stereocenters. The molecule has 0 spiro atoms. The number of nitrogens with one attached hydrogen (secondary N) is 3. The third-order valence-corrected chi connectivity index (χ3v) is 7.10. The largest absolute Gasteiger partial charge is 0.352 e. The summed E-state index contributed by atoms with van der Waals surface area (Å²) in [6, 6.07) is 7.45. The van der Waals surface area contributed by atoms with Crippen molar-refractivity contribution >= 4 is 33.3 Å². The van der Waals surface area contributed by atoms with Gasteiger partial charge in [0.05, 0.1) is 18.1 Å². The topological polar surface area (TPSA) is 151 Å². The first kappa shape index (κ1) is 20.3. The number of piperazine rings is 1. The first-order chi connectivity index (χ1) is 15.3. The number of anilines is 1. The van der Waals surface area contributed by atoms with Crippen molar-refractivity contribution in [1.82, 2.24) is 34.9 Å². The lowest BCUT2D eigenvalue weighted by Crippen LogP contribution is -2.61. The highest BCUT2D eigenvalue weighted by Gasteiger charge is 2.40. The van der Waals surface area contributed by atoms with Crippen LogP contribution in [0.4, 0.5) is 5.82 Å². The number of carbonyl (C=O) groups is 2. The Morgan fingerprint density at radius 3 is 2.44 bits per heavy atom. The molecule has 2 amide bonds. The van der Waals surface area contributed by atoms with E-state index in [0.29, 0.717) is 30.4 Å². The van der Waals surface area contributed by atoms with Gasteiger partial charge in [-0.05, 0) is 31.2 Å². The highest BCUT2D eigenvalue weighted by Crippen LogP contribution is 2.22. The summed E-state index contributed by atoms with van der Waals surface area (Å²) in [5, 5.41) is 13.5. The summed E-state index contributed by atoms with van der Waals surface area (Å²) in [6.45, 7) is 2.62. The zero-order valence-electron chi connectivity index (χ0n) is 17.0. The minimum absolute atomic E-state index is 0.0140. The Balaban J connectivity index is 1.30. The van der Waals surface area contributed by atoms with Crippen LogP contribution in [0.15, 0.2) is 47.6 Å². The lowest BCUT2D eigenvalue weighted by Gasteiger charge is -2.25. The molecule has 5 rings (SSSR count). The van der Waals surface area contributed by atoms with E-state index in [-0.39, 0.29) is 17.0 Å². The highest BCUT2D eigenvalue weighted by molar-refractivity contribution is 7.89. The number of sulfonamides is 1. The van der Waals surface area contributed by atoms with E-state index in [4.69, 9.17) is 0 Å². The standard InChI is InChI=1S/C19H20N8O4S/c1-11(17-24-23-16-4-2-3-7-27(16)17)25-32(30,31)12-5-6-15(20-8-12)26-9-13-14(10-26)22-19(29)18(28)21-13/h2-8,11,13-14,25H,9-10H2,1H3,(H,21,28)(H,22,29)/t11?,13-,14+. The molecular formula is C19H20N8O4S. The molecule has 2 saturated heterocycles. The van der Waals surface area contributed by atoms with Crippen LogP contribution < -0.4 is 20.3 Å². The van der Waals surface area contributed by atoms with Crippen molar-refractivity contribution in [2.75, 3.05) is 18.0 Å². The van der Waals surface area contributed by atoms with Crippen molar-refractivity contribution in [2.45, 2.75) is 29.9 Å². The maximum atomic E-state index is 12.9. The number of amides is 2. The molecule has 3 atom stereocenters. The second-order valence-corrected chi connectivity index (χ2v) is 9.46. The zero-order valence-corrected chi connectivity index (χ0v) is 17.8. The second kappa shape index (κ2) is 7.53. The van der Waals surface area contributed by atoms with Crippen molar-refractivity contribution in [3.63, 3.8) is 0 Å². The molecule has 3 aromatic rings. The number of nitrogens with zero attached hydrogens (tertiary/aromatic N) is 5. The molecule has 2 aliphatic rings. The monoisotopic (exact) mass is 456 g/mol. The summed E-state index contributed by atoms with van der Waals surface area (Å²) in [4.78, 5) is 29.3. The van der Waals surface area contributed by atoms with E-state index < -0.39 is 27.9 Å². The summed E-state index contributed by atoms with van der Waals surface area (Å²) in [6.07, 6.45) is 3.05. The first-order valence-electron chi connectivity index (χ1n) is 9.96. The van der Waals surface area contributed by atoms with Crippen LogP contribution in [0, 0.1) is 0 Å². The first-order valence-corrected chi connectivity index (χ1v) is 11.4. The minimum atomic E-state index is -3.86. The van der Waals surface area contributed by atoms with E-state index in [2.05, 4.69) is 30.5 Å². The van der Waals surface area contributed by atoms with Crippen LogP contribution in [0.3, 0.4) is 0 Å².